The van der Waals surface area contributed by atoms with Crippen LogP contribution in [0.2, 0.25) is 5.02 Å². The number of benzene rings is 3. The molecule has 3 unspecified atom stereocenters. The van der Waals surface area contributed by atoms with Crippen LogP contribution in [-0.4, -0.2) is 23.9 Å². The third-order valence-electron chi connectivity index (χ3n) is 8.82. The molecule has 2 heterocycles. The Balaban J connectivity index is 1.32. The SMILES string of the molecule is BC(Nc1cc(Cl)c2ncc(C#N)c(NC(c3ccccc3)[C@@H]3CC3C#N)c2c1)(C1=CN(C2CC2)NN1)c1ccc(F)cc1. The summed E-state index contributed by atoms with van der Waals surface area (Å²) in [4.78, 5) is 4.55. The lowest BCUT2D eigenvalue weighted by Crippen LogP contribution is -2.45. The molecule has 2 saturated carbocycles. The van der Waals surface area contributed by atoms with Gasteiger partial charge in [-0.25, -0.2) is 4.39 Å². The number of pyridine rings is 1. The van der Waals surface area contributed by atoms with Gasteiger partial charge in [-0.2, -0.15) is 10.5 Å². The average molecular weight is 603 g/mol. The predicted octanol–water partition coefficient (Wildman–Crippen LogP) is 5.44. The summed E-state index contributed by atoms with van der Waals surface area (Å²) in [5.74, 6) is -0.262. The zero-order valence-electron chi connectivity index (χ0n) is 24.0. The van der Waals surface area contributed by atoms with E-state index < -0.39 is 5.44 Å². The van der Waals surface area contributed by atoms with E-state index in [1.807, 2.05) is 56.5 Å². The van der Waals surface area contributed by atoms with Crippen molar-refractivity contribution in [1.82, 2.24) is 21.0 Å². The van der Waals surface area contributed by atoms with E-state index in [-0.39, 0.29) is 23.7 Å². The first-order valence-electron chi connectivity index (χ1n) is 14.7. The van der Waals surface area contributed by atoms with Crippen molar-refractivity contribution in [1.29, 1.82) is 10.5 Å². The highest BCUT2D eigenvalue weighted by atomic mass is 35.5. The number of rotatable bonds is 9. The van der Waals surface area contributed by atoms with Crippen LogP contribution in [0.5, 0.6) is 0 Å². The third kappa shape index (κ3) is 5.17. The molecule has 11 heteroatoms. The Bertz CT molecular complexity index is 1850. The molecule has 0 radical (unpaired) electrons. The molecule has 1 aromatic heterocycles. The fourth-order valence-electron chi connectivity index (χ4n) is 6.06. The van der Waals surface area contributed by atoms with E-state index in [4.69, 9.17) is 11.6 Å². The van der Waals surface area contributed by atoms with Gasteiger partial charge < -0.3 is 16.1 Å². The minimum Gasteiger partial charge on any atom is -0.378 e. The summed E-state index contributed by atoms with van der Waals surface area (Å²) in [6, 6.07) is 25.1. The minimum atomic E-state index is -0.810. The van der Waals surface area contributed by atoms with Gasteiger partial charge in [-0.15, -0.1) is 5.53 Å². The number of nitrogens with one attached hydrogen (secondary N) is 4. The minimum absolute atomic E-state index is 0.0559. The van der Waals surface area contributed by atoms with Crippen LogP contribution in [0.4, 0.5) is 15.8 Å². The second-order valence-electron chi connectivity index (χ2n) is 11.9. The van der Waals surface area contributed by atoms with Crippen molar-refractivity contribution in [2.24, 2.45) is 11.8 Å². The van der Waals surface area contributed by atoms with Crippen LogP contribution in [-0.2, 0) is 5.44 Å². The average Bonchev–Trinajstić information content (AvgIpc) is 3.98. The number of anilines is 2. The molecule has 0 saturated heterocycles. The number of aromatic nitrogens is 1. The lowest BCUT2D eigenvalue weighted by molar-refractivity contribution is 0.260. The topological polar surface area (TPSA) is 112 Å². The molecule has 4 N–H and O–H groups in total. The summed E-state index contributed by atoms with van der Waals surface area (Å²) < 4.78 is 14.0. The lowest BCUT2D eigenvalue weighted by Gasteiger charge is -2.34. The Hall–Kier alpha value is -4.77. The summed E-state index contributed by atoms with van der Waals surface area (Å²) in [5.41, 5.74) is 10.7. The summed E-state index contributed by atoms with van der Waals surface area (Å²) >= 11 is 6.88. The first-order valence-corrected chi connectivity index (χ1v) is 15.1. The highest BCUT2D eigenvalue weighted by Gasteiger charge is 2.44. The van der Waals surface area contributed by atoms with Gasteiger partial charge in [0.25, 0.3) is 0 Å². The van der Waals surface area contributed by atoms with Crippen molar-refractivity contribution < 1.29 is 4.39 Å². The van der Waals surface area contributed by atoms with Gasteiger partial charge in [-0.3, -0.25) is 9.99 Å². The zero-order chi connectivity index (χ0) is 30.4. The molecule has 0 amide bonds. The number of halogens is 2. The maximum absolute atomic E-state index is 14.0. The largest absolute Gasteiger partial charge is 0.378 e. The van der Waals surface area contributed by atoms with E-state index in [2.05, 4.69) is 43.7 Å². The van der Waals surface area contributed by atoms with Gasteiger partial charge in [-0.05, 0) is 54.7 Å². The van der Waals surface area contributed by atoms with E-state index >= 15 is 0 Å². The van der Waals surface area contributed by atoms with Crippen LogP contribution >= 0.6 is 11.6 Å². The van der Waals surface area contributed by atoms with Crippen molar-refractivity contribution in [3.8, 4) is 12.1 Å². The number of nitrogens with zero attached hydrogens (tertiary/aromatic N) is 4. The third-order valence-corrected chi connectivity index (χ3v) is 9.11. The Kier molecular flexibility index (Phi) is 7.05. The van der Waals surface area contributed by atoms with Crippen molar-refractivity contribution in [2.75, 3.05) is 10.6 Å². The van der Waals surface area contributed by atoms with E-state index in [9.17, 15) is 14.9 Å². The van der Waals surface area contributed by atoms with Gasteiger partial charge in [0.05, 0.1) is 51.0 Å². The van der Waals surface area contributed by atoms with Crippen molar-refractivity contribution >= 4 is 41.7 Å². The molecular weight excluding hydrogens is 574 g/mol. The molecule has 4 aromatic rings. The van der Waals surface area contributed by atoms with Gasteiger partial charge >= 0.3 is 0 Å². The molecule has 3 aromatic carbocycles. The van der Waals surface area contributed by atoms with Crippen molar-refractivity contribution in [2.45, 2.75) is 36.8 Å². The van der Waals surface area contributed by atoms with Gasteiger partial charge in [0.2, 0.25) is 0 Å². The van der Waals surface area contributed by atoms with Crippen LogP contribution in [0.1, 0.15) is 42.0 Å². The molecule has 2 fully saturated rings. The van der Waals surface area contributed by atoms with E-state index in [0.717, 1.165) is 36.1 Å². The van der Waals surface area contributed by atoms with Crippen LogP contribution in [0.3, 0.4) is 0 Å². The Labute approximate surface area is 260 Å². The summed E-state index contributed by atoms with van der Waals surface area (Å²) in [6.07, 6.45) is 6.59. The van der Waals surface area contributed by atoms with Crippen molar-refractivity contribution in [3.63, 3.8) is 0 Å². The van der Waals surface area contributed by atoms with E-state index in [0.29, 0.717) is 38.9 Å². The highest BCUT2D eigenvalue weighted by molar-refractivity contribution is 6.36. The van der Waals surface area contributed by atoms with Crippen LogP contribution in [0.25, 0.3) is 10.9 Å². The second kappa shape index (κ2) is 11.1. The maximum Gasteiger partial charge on any atom is 0.148 e. The van der Waals surface area contributed by atoms with Gasteiger partial charge in [-0.1, -0.05) is 54.1 Å². The molecule has 8 nitrogen and oxygen atoms in total. The Morgan fingerprint density at radius 1 is 1.11 bits per heavy atom. The number of nitriles is 2. The Morgan fingerprint density at radius 2 is 1.89 bits per heavy atom. The van der Waals surface area contributed by atoms with E-state index in [1.165, 1.54) is 18.3 Å². The smallest absolute Gasteiger partial charge is 0.148 e. The Morgan fingerprint density at radius 3 is 2.57 bits per heavy atom. The zero-order valence-corrected chi connectivity index (χ0v) is 24.7. The lowest BCUT2D eigenvalue weighted by atomic mass is 9.69. The van der Waals surface area contributed by atoms with Crippen LogP contribution < -0.4 is 21.6 Å². The molecule has 3 aliphatic rings. The molecule has 0 bridgehead atoms. The maximum atomic E-state index is 14.0. The molecular formula is C33H29BClFN8. The first kappa shape index (κ1) is 28.0. The number of hydrogen-bond donors (Lipinski definition) is 4. The molecule has 0 spiro atoms. The summed E-state index contributed by atoms with van der Waals surface area (Å²) in [7, 11) is 2.03. The van der Waals surface area contributed by atoms with Gasteiger partial charge in [0, 0.05) is 35.4 Å². The summed E-state index contributed by atoms with van der Waals surface area (Å²) in [6.45, 7) is 0. The van der Waals surface area contributed by atoms with Crippen molar-refractivity contribution in [3.05, 3.63) is 112 Å². The highest BCUT2D eigenvalue weighted by Crippen LogP contribution is 2.49. The summed E-state index contributed by atoms with van der Waals surface area (Å²) in [5, 5.41) is 30.2. The fraction of sp³-hybridized carbons (Fsp3) is 0.242. The molecule has 1 aliphatic heterocycles. The van der Waals surface area contributed by atoms with Gasteiger partial charge in [0.1, 0.15) is 19.7 Å². The molecule has 218 valence electrons. The van der Waals surface area contributed by atoms with Gasteiger partial charge in [0.15, 0.2) is 0 Å². The molecule has 2 aliphatic carbocycles. The predicted molar refractivity (Wildman–Crippen MR) is 171 cm³/mol. The second-order valence-corrected chi connectivity index (χ2v) is 12.3. The normalized spacial score (nSPS) is 20.9. The number of hydrazine groups is 2. The standard InChI is InChI=1S/C33H29BClFN8/c34-33(22-6-8-23(36)9-7-22,29-18-44(43-42-29)25-10-11-25)41-24-13-27-31(21(16-38)17-39-32(27)28(35)14-24)40-30(26-12-20(26)15-37)19-4-2-1-3-5-19/h1-9,13-14,17-18,20,25-26,30,41-43H,10-12,34H2,(H,39,40)/t20?,26-,30?,33?/m1/s1. The molecule has 4 atom stereocenters. The monoisotopic (exact) mass is 602 g/mol. The molecule has 7 rings (SSSR count). The fourth-order valence-corrected chi connectivity index (χ4v) is 6.32. The molecule has 44 heavy (non-hydrogen) atoms. The van der Waals surface area contributed by atoms with Crippen LogP contribution in [0.15, 0.2) is 84.8 Å². The van der Waals surface area contributed by atoms with E-state index in [1.54, 1.807) is 12.1 Å². The quantitative estimate of drug-likeness (QED) is 0.188. The van der Waals surface area contributed by atoms with Crippen LogP contribution in [0, 0.1) is 40.3 Å². The number of hydrogen-bond acceptors (Lipinski definition) is 8. The number of fused-ring (bicyclic) bond motifs is 1. The first-order chi connectivity index (χ1) is 21.4.